The van der Waals surface area contributed by atoms with Crippen LogP contribution in [-0.2, 0) is 4.74 Å². The molecule has 26 heavy (non-hydrogen) atoms. The third-order valence-electron chi connectivity index (χ3n) is 5.01. The summed E-state index contributed by atoms with van der Waals surface area (Å²) in [5.41, 5.74) is 4.16. The third kappa shape index (κ3) is 2.79. The van der Waals surface area contributed by atoms with E-state index in [0.717, 1.165) is 48.3 Å². The molecule has 134 valence electrons. The summed E-state index contributed by atoms with van der Waals surface area (Å²) in [7, 11) is 0. The minimum absolute atomic E-state index is 0.0445. The molecule has 1 aromatic carbocycles. The molecule has 0 spiro atoms. The molecule has 1 unspecified atom stereocenters. The number of nitriles is 1. The minimum atomic E-state index is 0.0445. The third-order valence-corrected chi connectivity index (χ3v) is 5.01. The second-order valence-corrected chi connectivity index (χ2v) is 6.74. The second-order valence-electron chi connectivity index (χ2n) is 6.74. The Morgan fingerprint density at radius 1 is 1.38 bits per heavy atom. The maximum atomic E-state index is 9.62. The Labute approximate surface area is 152 Å². The predicted molar refractivity (Wildman–Crippen MR) is 100 cm³/mol. The van der Waals surface area contributed by atoms with Gasteiger partial charge in [0.1, 0.15) is 11.9 Å². The normalized spacial score (nSPS) is 17.7. The van der Waals surface area contributed by atoms with Crippen molar-refractivity contribution in [2.45, 2.75) is 25.9 Å². The summed E-state index contributed by atoms with van der Waals surface area (Å²) in [6, 6.07) is 12.4. The van der Waals surface area contributed by atoms with Crippen LogP contribution in [0.1, 0.15) is 24.0 Å². The molecule has 3 heterocycles. The van der Waals surface area contributed by atoms with Gasteiger partial charge in [0.25, 0.3) is 0 Å². The fourth-order valence-corrected chi connectivity index (χ4v) is 3.80. The van der Waals surface area contributed by atoms with Gasteiger partial charge in [-0.05, 0) is 43.5 Å². The Hall–Kier alpha value is -2.62. The van der Waals surface area contributed by atoms with Crippen LogP contribution in [0, 0.1) is 18.3 Å². The van der Waals surface area contributed by atoms with E-state index in [1.807, 2.05) is 31.2 Å². The van der Waals surface area contributed by atoms with Crippen LogP contribution >= 0.6 is 0 Å². The predicted octanol–water partition coefficient (Wildman–Crippen LogP) is 2.65. The number of hydrogen-bond acceptors (Lipinski definition) is 5. The molecule has 0 bridgehead atoms. The molecule has 6 heteroatoms. The number of piperidine rings is 1. The van der Waals surface area contributed by atoms with Crippen molar-refractivity contribution in [3.63, 3.8) is 0 Å². The summed E-state index contributed by atoms with van der Waals surface area (Å²) in [6.45, 7) is 4.08. The Kier molecular flexibility index (Phi) is 4.49. The van der Waals surface area contributed by atoms with E-state index in [-0.39, 0.29) is 12.7 Å². The van der Waals surface area contributed by atoms with Crippen molar-refractivity contribution in [3.8, 4) is 6.07 Å². The van der Waals surface area contributed by atoms with Crippen molar-refractivity contribution < 1.29 is 9.84 Å². The van der Waals surface area contributed by atoms with Crippen molar-refractivity contribution in [2.24, 2.45) is 0 Å². The van der Waals surface area contributed by atoms with E-state index in [4.69, 9.17) is 14.8 Å². The van der Waals surface area contributed by atoms with Crippen molar-refractivity contribution >= 4 is 22.5 Å². The van der Waals surface area contributed by atoms with Gasteiger partial charge < -0.3 is 14.7 Å². The molecule has 1 atom stereocenters. The highest BCUT2D eigenvalue weighted by molar-refractivity contribution is 5.85. The van der Waals surface area contributed by atoms with Gasteiger partial charge in [0.15, 0.2) is 5.65 Å². The first-order valence-electron chi connectivity index (χ1n) is 9.01. The van der Waals surface area contributed by atoms with Crippen LogP contribution < -0.4 is 4.90 Å². The number of fused-ring (bicyclic) bond motifs is 3. The van der Waals surface area contributed by atoms with E-state index in [2.05, 4.69) is 21.4 Å². The number of ether oxygens (including phenoxy) is 1. The van der Waals surface area contributed by atoms with Crippen LogP contribution in [0.3, 0.4) is 0 Å². The fourth-order valence-electron chi connectivity index (χ4n) is 3.80. The topological polar surface area (TPSA) is 73.8 Å². The van der Waals surface area contributed by atoms with E-state index in [1.165, 1.54) is 0 Å². The van der Waals surface area contributed by atoms with Crippen molar-refractivity contribution in [2.75, 3.05) is 31.2 Å². The summed E-state index contributed by atoms with van der Waals surface area (Å²) in [6.07, 6.45) is 2.14. The highest BCUT2D eigenvalue weighted by Crippen LogP contribution is 2.30. The van der Waals surface area contributed by atoms with Crippen molar-refractivity contribution in [3.05, 3.63) is 41.5 Å². The Morgan fingerprint density at radius 3 is 3.04 bits per heavy atom. The van der Waals surface area contributed by atoms with E-state index >= 15 is 0 Å². The van der Waals surface area contributed by atoms with Gasteiger partial charge in [-0.1, -0.05) is 12.1 Å². The molecule has 3 aromatic rings. The number of aliphatic hydroxyl groups excluding tert-OH is 1. The molecule has 1 aliphatic rings. The second kappa shape index (κ2) is 6.94. The molecule has 0 amide bonds. The van der Waals surface area contributed by atoms with Gasteiger partial charge in [-0.15, -0.1) is 0 Å². The SMILES string of the molecule is Cc1cc(N2CCCC(OCCO)C2)n2c(nc3ccccc32)c1C#N. The number of pyridine rings is 1. The average molecular weight is 350 g/mol. The van der Waals surface area contributed by atoms with Gasteiger partial charge in [0.05, 0.1) is 35.9 Å². The summed E-state index contributed by atoms with van der Waals surface area (Å²) < 4.78 is 7.86. The highest BCUT2D eigenvalue weighted by Gasteiger charge is 2.24. The quantitative estimate of drug-likeness (QED) is 0.783. The summed E-state index contributed by atoms with van der Waals surface area (Å²) in [4.78, 5) is 7.03. The largest absolute Gasteiger partial charge is 0.394 e. The zero-order valence-corrected chi connectivity index (χ0v) is 14.9. The lowest BCUT2D eigenvalue weighted by Gasteiger charge is -2.34. The first kappa shape index (κ1) is 16.8. The number of hydrogen-bond donors (Lipinski definition) is 1. The van der Waals surface area contributed by atoms with Gasteiger partial charge in [-0.2, -0.15) is 5.26 Å². The van der Waals surface area contributed by atoms with E-state index < -0.39 is 0 Å². The van der Waals surface area contributed by atoms with Crippen LogP contribution in [0.15, 0.2) is 30.3 Å². The molecule has 1 aliphatic heterocycles. The Balaban J connectivity index is 1.85. The molecule has 0 radical (unpaired) electrons. The fraction of sp³-hybridized carbons (Fsp3) is 0.400. The van der Waals surface area contributed by atoms with Crippen LogP contribution in [0.25, 0.3) is 16.7 Å². The number of rotatable bonds is 4. The zero-order valence-electron chi connectivity index (χ0n) is 14.9. The lowest BCUT2D eigenvalue weighted by molar-refractivity contribution is 0.0213. The van der Waals surface area contributed by atoms with Crippen LogP contribution in [0.4, 0.5) is 5.82 Å². The van der Waals surface area contributed by atoms with Crippen LogP contribution in [-0.4, -0.2) is 46.9 Å². The molecule has 6 nitrogen and oxygen atoms in total. The van der Waals surface area contributed by atoms with Gasteiger partial charge >= 0.3 is 0 Å². The van der Waals surface area contributed by atoms with Gasteiger partial charge in [0.2, 0.25) is 0 Å². The molecule has 0 saturated carbocycles. The summed E-state index contributed by atoms with van der Waals surface area (Å²) in [5, 5.41) is 18.6. The Bertz CT molecular complexity index is 989. The monoisotopic (exact) mass is 350 g/mol. The molecular formula is C20H22N4O2. The lowest BCUT2D eigenvalue weighted by Crippen LogP contribution is -2.41. The number of aromatic nitrogens is 2. The molecular weight excluding hydrogens is 328 g/mol. The first-order chi connectivity index (χ1) is 12.7. The first-order valence-corrected chi connectivity index (χ1v) is 9.01. The van der Waals surface area contributed by atoms with Crippen molar-refractivity contribution in [1.82, 2.24) is 9.38 Å². The van der Waals surface area contributed by atoms with E-state index in [0.29, 0.717) is 17.8 Å². The maximum Gasteiger partial charge on any atom is 0.157 e. The van der Waals surface area contributed by atoms with Gasteiger partial charge in [-0.3, -0.25) is 4.40 Å². The lowest BCUT2D eigenvalue weighted by atomic mass is 10.1. The van der Waals surface area contributed by atoms with Crippen molar-refractivity contribution in [1.29, 1.82) is 5.26 Å². The zero-order chi connectivity index (χ0) is 18.1. The molecule has 1 fully saturated rings. The number of anilines is 1. The maximum absolute atomic E-state index is 9.62. The number of aryl methyl sites for hydroxylation is 1. The molecule has 1 N–H and O–H groups in total. The smallest absolute Gasteiger partial charge is 0.157 e. The number of nitrogens with zero attached hydrogens (tertiary/aromatic N) is 4. The average Bonchev–Trinajstić information content (AvgIpc) is 3.05. The van der Waals surface area contributed by atoms with E-state index in [1.54, 1.807) is 0 Å². The van der Waals surface area contributed by atoms with Crippen LogP contribution in [0.5, 0.6) is 0 Å². The Morgan fingerprint density at radius 2 is 2.23 bits per heavy atom. The number of para-hydroxylation sites is 2. The highest BCUT2D eigenvalue weighted by atomic mass is 16.5. The molecule has 0 aliphatic carbocycles. The summed E-state index contributed by atoms with van der Waals surface area (Å²) >= 11 is 0. The number of imidazole rings is 1. The molecule has 2 aromatic heterocycles. The van der Waals surface area contributed by atoms with Crippen LogP contribution in [0.2, 0.25) is 0 Å². The standard InChI is InChI=1S/C20H22N4O2/c1-14-11-19(23-8-4-5-15(13-23)26-10-9-25)24-18-7-3-2-6-17(18)22-20(24)16(14)12-21/h2-3,6-7,11,15,25H,4-5,8-10,13H2,1H3. The minimum Gasteiger partial charge on any atom is -0.394 e. The van der Waals surface area contributed by atoms with E-state index in [9.17, 15) is 5.26 Å². The number of aliphatic hydroxyl groups is 1. The van der Waals surface area contributed by atoms with Gasteiger partial charge in [0, 0.05) is 13.1 Å². The summed E-state index contributed by atoms with van der Waals surface area (Å²) in [5.74, 6) is 1.04. The van der Waals surface area contributed by atoms with Gasteiger partial charge in [-0.25, -0.2) is 4.98 Å². The number of benzene rings is 1. The molecule has 1 saturated heterocycles. The molecule has 4 rings (SSSR count).